The van der Waals surface area contributed by atoms with Crippen molar-refractivity contribution in [2.24, 2.45) is 0 Å². The van der Waals surface area contributed by atoms with E-state index >= 15 is 0 Å². The van der Waals surface area contributed by atoms with Gasteiger partial charge < -0.3 is 14.6 Å². The number of aliphatic hydroxyl groups is 1. The van der Waals surface area contributed by atoms with E-state index in [1.807, 2.05) is 0 Å². The zero-order valence-electron chi connectivity index (χ0n) is 11.3. The molecule has 1 N–H and O–H groups in total. The van der Waals surface area contributed by atoms with Crippen LogP contribution in [0, 0.1) is 0 Å². The molecule has 20 heavy (non-hydrogen) atoms. The summed E-state index contributed by atoms with van der Waals surface area (Å²) in [6.45, 7) is -1.98. The van der Waals surface area contributed by atoms with E-state index in [1.165, 1.54) is 12.1 Å². The topological polar surface area (TPSA) is 38.7 Å². The Hall–Kier alpha value is -1.20. The molecule has 3 nitrogen and oxygen atoms in total. The van der Waals surface area contributed by atoms with E-state index in [0.29, 0.717) is 12.5 Å². The van der Waals surface area contributed by atoms with Gasteiger partial charge in [0.05, 0.1) is 12.2 Å². The van der Waals surface area contributed by atoms with Crippen molar-refractivity contribution >= 4 is 0 Å². The van der Waals surface area contributed by atoms with Crippen LogP contribution in [0.2, 0.25) is 0 Å². The van der Waals surface area contributed by atoms with Crippen LogP contribution in [-0.4, -0.2) is 24.4 Å². The van der Waals surface area contributed by atoms with Crippen LogP contribution in [0.1, 0.15) is 43.8 Å². The summed E-state index contributed by atoms with van der Waals surface area (Å²) in [5, 5.41) is 10.0. The summed E-state index contributed by atoms with van der Waals surface area (Å²) in [4.78, 5) is 0. The summed E-state index contributed by atoms with van der Waals surface area (Å²) in [5.41, 5.74) is 0.721. The van der Waals surface area contributed by atoms with Crippen LogP contribution in [0.15, 0.2) is 24.3 Å². The number of rotatable bonds is 7. The smallest absolute Gasteiger partial charge is 0.387 e. The third-order valence-electron chi connectivity index (χ3n) is 3.52. The molecule has 0 bridgehead atoms. The van der Waals surface area contributed by atoms with Gasteiger partial charge in [-0.2, -0.15) is 8.78 Å². The van der Waals surface area contributed by atoms with E-state index in [1.54, 1.807) is 12.1 Å². The molecule has 5 heteroatoms. The third-order valence-corrected chi connectivity index (χ3v) is 3.52. The molecule has 0 spiro atoms. The Morgan fingerprint density at radius 1 is 1.30 bits per heavy atom. The second-order valence-electron chi connectivity index (χ2n) is 5.03. The van der Waals surface area contributed by atoms with Crippen molar-refractivity contribution < 1.29 is 23.4 Å². The minimum atomic E-state index is -2.82. The predicted octanol–water partition coefficient (Wildman–Crippen LogP) is 3.67. The molecule has 1 fully saturated rings. The Kier molecular flexibility index (Phi) is 5.73. The first-order valence-corrected chi connectivity index (χ1v) is 6.99. The minimum absolute atomic E-state index is 0.107. The quantitative estimate of drug-likeness (QED) is 0.831. The Balaban J connectivity index is 1.75. The highest BCUT2D eigenvalue weighted by atomic mass is 19.3. The number of halogens is 2. The number of hydrogen-bond donors (Lipinski definition) is 1. The van der Waals surface area contributed by atoms with Crippen LogP contribution >= 0.6 is 0 Å². The molecule has 1 saturated heterocycles. The summed E-state index contributed by atoms with van der Waals surface area (Å²) in [7, 11) is 0. The molecule has 1 aromatic carbocycles. The number of alkyl halides is 2. The van der Waals surface area contributed by atoms with E-state index in [-0.39, 0.29) is 5.75 Å². The Morgan fingerprint density at radius 2 is 2.05 bits per heavy atom. The molecule has 2 rings (SSSR count). The number of benzene rings is 1. The molecule has 0 aliphatic carbocycles. The van der Waals surface area contributed by atoms with Crippen molar-refractivity contribution in [3.8, 4) is 5.75 Å². The van der Waals surface area contributed by atoms with E-state index in [2.05, 4.69) is 4.74 Å². The lowest BCUT2D eigenvalue weighted by Gasteiger charge is -2.13. The summed E-state index contributed by atoms with van der Waals surface area (Å²) < 4.78 is 33.8. The van der Waals surface area contributed by atoms with Gasteiger partial charge in [-0.3, -0.25) is 0 Å². The van der Waals surface area contributed by atoms with Gasteiger partial charge in [-0.1, -0.05) is 12.1 Å². The van der Waals surface area contributed by atoms with Gasteiger partial charge in [0.25, 0.3) is 0 Å². The van der Waals surface area contributed by atoms with Crippen molar-refractivity contribution in [3.05, 3.63) is 29.8 Å². The highest BCUT2D eigenvalue weighted by Crippen LogP contribution is 2.25. The lowest BCUT2D eigenvalue weighted by Crippen LogP contribution is -2.06. The summed E-state index contributed by atoms with van der Waals surface area (Å²) in [6, 6.07) is 6.14. The SMILES string of the molecule is OC(CCCC1CCCO1)c1ccc(OC(F)F)cc1. The molecule has 112 valence electrons. The van der Waals surface area contributed by atoms with Crippen LogP contribution in [-0.2, 0) is 4.74 Å². The van der Waals surface area contributed by atoms with Crippen LogP contribution in [0.4, 0.5) is 8.78 Å². The maximum atomic E-state index is 12.0. The lowest BCUT2D eigenvalue weighted by atomic mass is 10.0. The van der Waals surface area contributed by atoms with E-state index in [9.17, 15) is 13.9 Å². The van der Waals surface area contributed by atoms with Crippen LogP contribution < -0.4 is 4.74 Å². The van der Waals surface area contributed by atoms with Gasteiger partial charge in [0.15, 0.2) is 0 Å². The maximum absolute atomic E-state index is 12.0. The van der Waals surface area contributed by atoms with Crippen molar-refractivity contribution in [2.75, 3.05) is 6.61 Å². The second kappa shape index (κ2) is 7.55. The summed E-state index contributed by atoms with van der Waals surface area (Å²) in [5.74, 6) is 0.107. The van der Waals surface area contributed by atoms with Crippen LogP contribution in [0.25, 0.3) is 0 Å². The highest BCUT2D eigenvalue weighted by Gasteiger charge is 2.16. The Bertz CT molecular complexity index is 389. The molecule has 0 radical (unpaired) electrons. The van der Waals surface area contributed by atoms with Crippen molar-refractivity contribution in [1.29, 1.82) is 0 Å². The van der Waals surface area contributed by atoms with Gasteiger partial charge in [-0.25, -0.2) is 0 Å². The summed E-state index contributed by atoms with van der Waals surface area (Å²) >= 11 is 0. The maximum Gasteiger partial charge on any atom is 0.387 e. The normalized spacial score (nSPS) is 20.3. The Morgan fingerprint density at radius 3 is 2.65 bits per heavy atom. The molecule has 2 atom stereocenters. The van der Waals surface area contributed by atoms with Crippen LogP contribution in [0.3, 0.4) is 0 Å². The predicted molar refractivity (Wildman–Crippen MR) is 70.9 cm³/mol. The molecule has 1 aliphatic rings. The molecule has 1 heterocycles. The molecule has 1 aliphatic heterocycles. The fourth-order valence-corrected chi connectivity index (χ4v) is 2.45. The molecule has 0 aromatic heterocycles. The number of aliphatic hydroxyl groups excluding tert-OH is 1. The van der Waals surface area contributed by atoms with Crippen molar-refractivity contribution in [1.82, 2.24) is 0 Å². The molecular weight excluding hydrogens is 266 g/mol. The van der Waals surface area contributed by atoms with E-state index < -0.39 is 12.7 Å². The van der Waals surface area contributed by atoms with Gasteiger partial charge in [0, 0.05) is 6.61 Å². The highest BCUT2D eigenvalue weighted by molar-refractivity contribution is 5.28. The van der Waals surface area contributed by atoms with Gasteiger partial charge in [-0.15, -0.1) is 0 Å². The van der Waals surface area contributed by atoms with Crippen molar-refractivity contribution in [2.45, 2.75) is 50.9 Å². The third kappa shape index (κ3) is 4.72. The second-order valence-corrected chi connectivity index (χ2v) is 5.03. The first-order valence-electron chi connectivity index (χ1n) is 6.99. The van der Waals surface area contributed by atoms with E-state index in [4.69, 9.17) is 4.74 Å². The monoisotopic (exact) mass is 286 g/mol. The van der Waals surface area contributed by atoms with Crippen LogP contribution in [0.5, 0.6) is 5.75 Å². The first-order chi connectivity index (χ1) is 9.65. The van der Waals surface area contributed by atoms with Crippen molar-refractivity contribution in [3.63, 3.8) is 0 Å². The van der Waals surface area contributed by atoms with Gasteiger partial charge in [0.2, 0.25) is 0 Å². The zero-order chi connectivity index (χ0) is 14.4. The standard InChI is InChI=1S/C15H20F2O3/c16-15(17)20-13-8-6-11(7-9-13)14(18)5-1-3-12-4-2-10-19-12/h6-9,12,14-15,18H,1-5,10H2. The summed E-state index contributed by atoms with van der Waals surface area (Å²) in [6.07, 6.45) is 4.50. The average Bonchev–Trinajstić information content (AvgIpc) is 2.92. The molecule has 2 unspecified atom stereocenters. The molecule has 0 amide bonds. The largest absolute Gasteiger partial charge is 0.435 e. The number of hydrogen-bond acceptors (Lipinski definition) is 3. The van der Waals surface area contributed by atoms with Gasteiger partial charge in [0.1, 0.15) is 5.75 Å². The fraction of sp³-hybridized carbons (Fsp3) is 0.600. The van der Waals surface area contributed by atoms with Gasteiger partial charge >= 0.3 is 6.61 Å². The zero-order valence-corrected chi connectivity index (χ0v) is 11.3. The lowest BCUT2D eigenvalue weighted by molar-refractivity contribution is -0.0498. The molecule has 0 saturated carbocycles. The Labute approximate surface area is 117 Å². The van der Waals surface area contributed by atoms with E-state index in [0.717, 1.165) is 37.9 Å². The fourth-order valence-electron chi connectivity index (χ4n) is 2.45. The molecular formula is C15H20F2O3. The minimum Gasteiger partial charge on any atom is -0.435 e. The first kappa shape index (κ1) is 15.2. The average molecular weight is 286 g/mol. The number of ether oxygens (including phenoxy) is 2. The van der Waals surface area contributed by atoms with Gasteiger partial charge in [-0.05, 0) is 49.8 Å². The molecule has 1 aromatic rings.